The zero-order valence-electron chi connectivity index (χ0n) is 15.4. The fraction of sp³-hybridized carbons (Fsp3) is 0.889. The molecule has 0 aromatic carbocycles. The molecule has 0 aromatic rings. The van der Waals surface area contributed by atoms with E-state index in [1.165, 1.54) is 0 Å². The van der Waals surface area contributed by atoms with Crippen molar-refractivity contribution < 1.29 is 14.3 Å². The number of hydrogen-bond donors (Lipinski definition) is 1. The Morgan fingerprint density at radius 1 is 1.24 bits per heavy atom. The van der Waals surface area contributed by atoms with Crippen LogP contribution in [0.4, 0.5) is 0 Å². The number of amides is 2. The Morgan fingerprint density at radius 2 is 1.96 bits per heavy atom. The Morgan fingerprint density at radius 3 is 2.60 bits per heavy atom. The Balaban J connectivity index is 1.52. The number of ether oxygens (including phenoxy) is 1. The molecule has 3 aliphatic rings. The van der Waals surface area contributed by atoms with Crippen LogP contribution in [0.3, 0.4) is 0 Å². The molecule has 2 atom stereocenters. The van der Waals surface area contributed by atoms with Crippen LogP contribution in [0.15, 0.2) is 0 Å². The molecule has 2 aliphatic heterocycles. The highest BCUT2D eigenvalue weighted by Gasteiger charge is 2.45. The van der Waals surface area contributed by atoms with Crippen LogP contribution in [0.25, 0.3) is 0 Å². The topological polar surface area (TPSA) is 61.9 Å². The van der Waals surface area contributed by atoms with E-state index in [1.54, 1.807) is 11.8 Å². The van der Waals surface area contributed by atoms with Crippen LogP contribution in [0.5, 0.6) is 0 Å². The third-order valence-corrected chi connectivity index (χ3v) is 6.39. The lowest BCUT2D eigenvalue weighted by atomic mass is 10.1. The molecule has 1 N–H and O–H groups in total. The second kappa shape index (κ2) is 8.73. The van der Waals surface area contributed by atoms with Crippen LogP contribution in [-0.4, -0.2) is 78.2 Å². The number of carbonyl (C=O) groups excluding carboxylic acids is 2. The Hall–Kier alpha value is -0.790. The lowest BCUT2D eigenvalue weighted by Crippen LogP contribution is -2.51. The molecule has 2 unspecified atom stereocenters. The minimum atomic E-state index is -0.300. The van der Waals surface area contributed by atoms with Gasteiger partial charge in [0.25, 0.3) is 0 Å². The molecule has 0 aromatic heterocycles. The van der Waals surface area contributed by atoms with Crippen molar-refractivity contribution >= 4 is 23.6 Å². The molecule has 2 amide bonds. The third kappa shape index (κ3) is 5.11. The predicted molar refractivity (Wildman–Crippen MR) is 99.3 cm³/mol. The average molecular weight is 370 g/mol. The van der Waals surface area contributed by atoms with Crippen LogP contribution in [0.2, 0.25) is 0 Å². The van der Waals surface area contributed by atoms with Gasteiger partial charge in [-0.2, -0.15) is 0 Å². The molecule has 0 spiro atoms. The Kier molecular flexibility index (Phi) is 6.63. The molecular formula is C18H31N3O3S. The van der Waals surface area contributed by atoms with Crippen LogP contribution >= 0.6 is 11.8 Å². The monoisotopic (exact) mass is 369 g/mol. The molecular weight excluding hydrogens is 338 g/mol. The first-order valence-electron chi connectivity index (χ1n) is 9.58. The van der Waals surface area contributed by atoms with Crippen molar-refractivity contribution in [1.82, 2.24) is 15.1 Å². The van der Waals surface area contributed by atoms with E-state index in [2.05, 4.69) is 24.1 Å². The summed E-state index contributed by atoms with van der Waals surface area (Å²) in [5.74, 6) is 1.62. The molecule has 2 saturated heterocycles. The maximum Gasteiger partial charge on any atom is 0.243 e. The van der Waals surface area contributed by atoms with Gasteiger partial charge in [0, 0.05) is 37.8 Å². The first-order chi connectivity index (χ1) is 12.1. The van der Waals surface area contributed by atoms with Gasteiger partial charge in [0.2, 0.25) is 11.8 Å². The van der Waals surface area contributed by atoms with Crippen LogP contribution in [0.1, 0.15) is 33.1 Å². The number of nitrogens with zero attached hydrogens (tertiary/aromatic N) is 2. The maximum absolute atomic E-state index is 12.7. The van der Waals surface area contributed by atoms with Gasteiger partial charge in [-0.05, 0) is 25.2 Å². The van der Waals surface area contributed by atoms with Gasteiger partial charge < -0.3 is 15.0 Å². The van der Waals surface area contributed by atoms with E-state index in [1.807, 2.05) is 4.90 Å². The summed E-state index contributed by atoms with van der Waals surface area (Å²) in [5.41, 5.74) is 0. The summed E-state index contributed by atoms with van der Waals surface area (Å²) in [5, 5.41) is 3.22. The van der Waals surface area contributed by atoms with Crippen molar-refractivity contribution in [2.24, 2.45) is 11.8 Å². The van der Waals surface area contributed by atoms with E-state index >= 15 is 0 Å². The van der Waals surface area contributed by atoms with Crippen molar-refractivity contribution in [3.05, 3.63) is 0 Å². The summed E-state index contributed by atoms with van der Waals surface area (Å²) >= 11 is 1.77. The summed E-state index contributed by atoms with van der Waals surface area (Å²) in [6, 6.07) is -0.300. The highest BCUT2D eigenvalue weighted by molar-refractivity contribution is 8.00. The molecule has 0 bridgehead atoms. The van der Waals surface area contributed by atoms with Crippen molar-refractivity contribution in [3.63, 3.8) is 0 Å². The van der Waals surface area contributed by atoms with Gasteiger partial charge in [0.05, 0.1) is 18.6 Å². The van der Waals surface area contributed by atoms with Gasteiger partial charge in [-0.3, -0.25) is 14.5 Å². The fourth-order valence-corrected chi connectivity index (χ4v) is 5.12. The zero-order valence-corrected chi connectivity index (χ0v) is 16.2. The van der Waals surface area contributed by atoms with Crippen LogP contribution < -0.4 is 5.32 Å². The Labute approximate surface area is 155 Å². The second-order valence-corrected chi connectivity index (χ2v) is 8.91. The molecule has 142 valence electrons. The van der Waals surface area contributed by atoms with Crippen LogP contribution in [0, 0.1) is 11.8 Å². The summed E-state index contributed by atoms with van der Waals surface area (Å²) in [4.78, 5) is 29.7. The standard InChI is InChI=1S/C18H31N3O3S/c1-13(2)11-16-21(18(23)14-3-4-14)15(12-25-16)17(22)19-5-6-20-7-9-24-10-8-20/h13-16H,3-12H2,1-2H3,(H,19,22). The van der Waals surface area contributed by atoms with Gasteiger partial charge in [0.15, 0.2) is 0 Å². The number of morpholine rings is 1. The van der Waals surface area contributed by atoms with Crippen molar-refractivity contribution in [2.45, 2.75) is 44.5 Å². The largest absolute Gasteiger partial charge is 0.379 e. The summed E-state index contributed by atoms with van der Waals surface area (Å²) in [6.07, 6.45) is 2.93. The molecule has 1 aliphatic carbocycles. The first-order valence-corrected chi connectivity index (χ1v) is 10.6. The summed E-state index contributed by atoms with van der Waals surface area (Å²) in [7, 11) is 0. The quantitative estimate of drug-likeness (QED) is 0.730. The highest BCUT2D eigenvalue weighted by atomic mass is 32.2. The van der Waals surface area contributed by atoms with Gasteiger partial charge in [-0.1, -0.05) is 13.8 Å². The highest BCUT2D eigenvalue weighted by Crippen LogP contribution is 2.39. The molecule has 1 saturated carbocycles. The minimum Gasteiger partial charge on any atom is -0.379 e. The number of rotatable bonds is 7. The normalized spacial score (nSPS) is 27.7. The first kappa shape index (κ1) is 19.0. The lowest BCUT2D eigenvalue weighted by Gasteiger charge is -2.30. The number of carbonyl (C=O) groups is 2. The number of nitrogens with one attached hydrogen (secondary N) is 1. The average Bonchev–Trinajstić information content (AvgIpc) is 3.36. The fourth-order valence-electron chi connectivity index (χ4n) is 3.47. The molecule has 0 radical (unpaired) electrons. The molecule has 3 fully saturated rings. The smallest absolute Gasteiger partial charge is 0.243 e. The summed E-state index contributed by atoms with van der Waals surface area (Å²) in [6.45, 7) is 9.24. The third-order valence-electron chi connectivity index (χ3n) is 5.08. The van der Waals surface area contributed by atoms with E-state index in [4.69, 9.17) is 4.74 Å². The van der Waals surface area contributed by atoms with E-state index < -0.39 is 0 Å². The molecule has 6 nitrogen and oxygen atoms in total. The van der Waals surface area contributed by atoms with E-state index in [0.717, 1.165) is 57.9 Å². The SMILES string of the molecule is CC(C)CC1SCC(C(=O)NCCN2CCOCC2)N1C(=O)C1CC1. The van der Waals surface area contributed by atoms with Gasteiger partial charge in [-0.15, -0.1) is 11.8 Å². The van der Waals surface area contributed by atoms with E-state index in [0.29, 0.717) is 12.5 Å². The number of hydrogen-bond acceptors (Lipinski definition) is 5. The lowest BCUT2D eigenvalue weighted by molar-refractivity contribution is -0.141. The second-order valence-electron chi connectivity index (χ2n) is 7.70. The van der Waals surface area contributed by atoms with Crippen molar-refractivity contribution in [1.29, 1.82) is 0 Å². The molecule has 7 heteroatoms. The maximum atomic E-state index is 12.7. The number of thioether (sulfide) groups is 1. The molecule has 2 heterocycles. The summed E-state index contributed by atoms with van der Waals surface area (Å²) < 4.78 is 5.34. The van der Waals surface area contributed by atoms with Crippen LogP contribution in [-0.2, 0) is 14.3 Å². The Bertz CT molecular complexity index is 478. The molecule has 3 rings (SSSR count). The van der Waals surface area contributed by atoms with Crippen molar-refractivity contribution in [3.8, 4) is 0 Å². The van der Waals surface area contributed by atoms with Gasteiger partial charge in [0.1, 0.15) is 6.04 Å². The van der Waals surface area contributed by atoms with E-state index in [-0.39, 0.29) is 29.1 Å². The molecule has 25 heavy (non-hydrogen) atoms. The zero-order chi connectivity index (χ0) is 17.8. The minimum absolute atomic E-state index is 0.0148. The predicted octanol–water partition coefficient (Wildman–Crippen LogP) is 1.16. The van der Waals surface area contributed by atoms with Gasteiger partial charge >= 0.3 is 0 Å². The van der Waals surface area contributed by atoms with Gasteiger partial charge in [-0.25, -0.2) is 0 Å². The van der Waals surface area contributed by atoms with Crippen molar-refractivity contribution in [2.75, 3.05) is 45.1 Å². The van der Waals surface area contributed by atoms with E-state index in [9.17, 15) is 9.59 Å².